The Balaban J connectivity index is 1.36. The molecular formula is C19H24N2O5S. The van der Waals surface area contributed by atoms with E-state index < -0.39 is 10.0 Å². The largest absolute Gasteiger partial charge is 0.486 e. The summed E-state index contributed by atoms with van der Waals surface area (Å²) >= 11 is 0. The maximum atomic E-state index is 13.3. The molecule has 1 saturated heterocycles. The summed E-state index contributed by atoms with van der Waals surface area (Å²) < 4.78 is 39.2. The van der Waals surface area contributed by atoms with Crippen LogP contribution in [0.25, 0.3) is 0 Å². The van der Waals surface area contributed by atoms with Gasteiger partial charge in [0.25, 0.3) is 0 Å². The molecule has 7 nitrogen and oxygen atoms in total. The molecule has 2 heterocycles. The highest BCUT2D eigenvalue weighted by Gasteiger charge is 2.50. The van der Waals surface area contributed by atoms with E-state index in [0.29, 0.717) is 49.8 Å². The summed E-state index contributed by atoms with van der Waals surface area (Å²) in [6.07, 6.45) is 3.82. The number of amides is 1. The molecule has 2 aliphatic carbocycles. The second-order valence-electron chi connectivity index (χ2n) is 7.98. The molecule has 0 spiro atoms. The summed E-state index contributed by atoms with van der Waals surface area (Å²) in [6.45, 7) is 1.65. The highest BCUT2D eigenvalue weighted by Crippen LogP contribution is 2.47. The highest BCUT2D eigenvalue weighted by molar-refractivity contribution is 7.89. The number of ether oxygens (including phenoxy) is 2. The van der Waals surface area contributed by atoms with E-state index in [-0.39, 0.29) is 22.6 Å². The van der Waals surface area contributed by atoms with E-state index in [1.54, 1.807) is 18.2 Å². The lowest BCUT2D eigenvalue weighted by Gasteiger charge is -2.49. The Kier molecular flexibility index (Phi) is 4.09. The molecule has 5 rings (SSSR count). The summed E-state index contributed by atoms with van der Waals surface area (Å²) in [5.74, 6) is 1.40. The summed E-state index contributed by atoms with van der Waals surface area (Å²) in [6, 6.07) is 5.33. The molecule has 1 amide bonds. The fourth-order valence-electron chi connectivity index (χ4n) is 4.50. The van der Waals surface area contributed by atoms with Gasteiger partial charge in [-0.15, -0.1) is 0 Å². The van der Waals surface area contributed by atoms with Crippen molar-refractivity contribution in [3.05, 3.63) is 18.2 Å². The number of hydrogen-bond acceptors (Lipinski definition) is 5. The van der Waals surface area contributed by atoms with Crippen LogP contribution in [0.2, 0.25) is 0 Å². The Hall–Kier alpha value is -1.80. The van der Waals surface area contributed by atoms with E-state index in [9.17, 15) is 13.2 Å². The van der Waals surface area contributed by atoms with Crippen molar-refractivity contribution >= 4 is 15.9 Å². The van der Waals surface area contributed by atoms with E-state index >= 15 is 0 Å². The molecule has 1 N–H and O–H groups in total. The first-order valence-corrected chi connectivity index (χ1v) is 11.2. The van der Waals surface area contributed by atoms with Gasteiger partial charge in [0.1, 0.15) is 18.1 Å². The third-order valence-corrected chi connectivity index (χ3v) is 8.14. The van der Waals surface area contributed by atoms with Gasteiger partial charge in [-0.3, -0.25) is 4.79 Å². The van der Waals surface area contributed by atoms with Crippen LogP contribution >= 0.6 is 0 Å². The van der Waals surface area contributed by atoms with E-state index in [1.807, 2.05) is 0 Å². The standard InChI is InChI=1S/C19H24N2O5S/c22-19(20-13-4-5-13)14-10-12-6-7-21(11-15(12)14)27(23,24)17-3-1-2-16-18(17)26-9-8-25-16/h1-3,12-15H,4-11H2,(H,20,22)/t12-,14-,15-/m1/s1. The average Bonchev–Trinajstić information content (AvgIpc) is 3.46. The fourth-order valence-corrected chi connectivity index (χ4v) is 6.13. The molecule has 1 aromatic carbocycles. The zero-order valence-corrected chi connectivity index (χ0v) is 15.9. The second-order valence-corrected chi connectivity index (χ2v) is 9.89. The van der Waals surface area contributed by atoms with Crippen LogP contribution in [0, 0.1) is 17.8 Å². The minimum absolute atomic E-state index is 0.0575. The minimum Gasteiger partial charge on any atom is -0.486 e. The van der Waals surface area contributed by atoms with Crippen molar-refractivity contribution < 1.29 is 22.7 Å². The summed E-state index contributed by atoms with van der Waals surface area (Å²) in [4.78, 5) is 12.6. The lowest BCUT2D eigenvalue weighted by atomic mass is 9.61. The monoisotopic (exact) mass is 392 g/mol. The zero-order valence-electron chi connectivity index (χ0n) is 15.1. The molecule has 0 unspecified atom stereocenters. The summed E-state index contributed by atoms with van der Waals surface area (Å²) in [7, 11) is -3.69. The Morgan fingerprint density at radius 1 is 1.15 bits per heavy atom. The first kappa shape index (κ1) is 17.3. The first-order chi connectivity index (χ1) is 13.0. The Morgan fingerprint density at radius 3 is 2.78 bits per heavy atom. The van der Waals surface area contributed by atoms with Gasteiger partial charge in [0.2, 0.25) is 15.9 Å². The average molecular weight is 392 g/mol. The molecule has 0 radical (unpaired) electrons. The van der Waals surface area contributed by atoms with Crippen LogP contribution in [0.4, 0.5) is 0 Å². The highest BCUT2D eigenvalue weighted by atomic mass is 32.2. The molecule has 0 aromatic heterocycles. The van der Waals surface area contributed by atoms with Gasteiger partial charge in [-0.1, -0.05) is 6.07 Å². The SMILES string of the molecule is O=C(NC1CC1)[C@@H]1C[C@H]2CCN(S(=O)(=O)c3cccc4c3OCCO4)C[C@H]21. The Bertz CT molecular complexity index is 867. The van der Waals surface area contributed by atoms with Gasteiger partial charge in [0.15, 0.2) is 11.5 Å². The molecule has 3 atom stereocenters. The lowest BCUT2D eigenvalue weighted by molar-refractivity contribution is -0.135. The van der Waals surface area contributed by atoms with E-state index in [0.717, 1.165) is 25.7 Å². The quantitative estimate of drug-likeness (QED) is 0.837. The van der Waals surface area contributed by atoms with Crippen molar-refractivity contribution in [1.82, 2.24) is 9.62 Å². The number of nitrogens with one attached hydrogen (secondary N) is 1. The van der Waals surface area contributed by atoms with Crippen molar-refractivity contribution in [2.75, 3.05) is 26.3 Å². The zero-order chi connectivity index (χ0) is 18.6. The number of fused-ring (bicyclic) bond motifs is 2. The molecule has 2 saturated carbocycles. The number of piperidine rings is 1. The third kappa shape index (κ3) is 2.99. The molecule has 1 aromatic rings. The molecule has 0 bridgehead atoms. The number of nitrogens with zero attached hydrogens (tertiary/aromatic N) is 1. The van der Waals surface area contributed by atoms with Crippen molar-refractivity contribution in [3.8, 4) is 11.5 Å². The van der Waals surface area contributed by atoms with Gasteiger partial charge in [-0.05, 0) is 49.7 Å². The molecule has 27 heavy (non-hydrogen) atoms. The van der Waals surface area contributed by atoms with Gasteiger partial charge in [0, 0.05) is 25.0 Å². The number of carbonyl (C=O) groups excluding carboxylic acids is 1. The van der Waals surface area contributed by atoms with E-state index in [4.69, 9.17) is 9.47 Å². The summed E-state index contributed by atoms with van der Waals surface area (Å²) in [5.41, 5.74) is 0. The van der Waals surface area contributed by atoms with Gasteiger partial charge < -0.3 is 14.8 Å². The van der Waals surface area contributed by atoms with Crippen molar-refractivity contribution in [2.45, 2.75) is 36.6 Å². The number of benzene rings is 1. The van der Waals surface area contributed by atoms with Gasteiger partial charge in [0.05, 0.1) is 0 Å². The number of rotatable bonds is 4. The van der Waals surface area contributed by atoms with Crippen molar-refractivity contribution in [2.24, 2.45) is 17.8 Å². The normalized spacial score (nSPS) is 30.1. The van der Waals surface area contributed by atoms with E-state index in [1.165, 1.54) is 4.31 Å². The fraction of sp³-hybridized carbons (Fsp3) is 0.632. The van der Waals surface area contributed by atoms with Crippen LogP contribution in [-0.4, -0.2) is 51.0 Å². The predicted molar refractivity (Wildman–Crippen MR) is 97.1 cm³/mol. The molecular weight excluding hydrogens is 368 g/mol. The number of carbonyl (C=O) groups is 1. The first-order valence-electron chi connectivity index (χ1n) is 9.73. The smallest absolute Gasteiger partial charge is 0.246 e. The Morgan fingerprint density at radius 2 is 1.96 bits per heavy atom. The van der Waals surface area contributed by atoms with Gasteiger partial charge in [-0.25, -0.2) is 8.42 Å². The Labute approximate surface area is 159 Å². The van der Waals surface area contributed by atoms with Crippen LogP contribution in [0.1, 0.15) is 25.7 Å². The van der Waals surface area contributed by atoms with Crippen LogP contribution in [-0.2, 0) is 14.8 Å². The number of hydrogen-bond donors (Lipinski definition) is 1. The maximum absolute atomic E-state index is 13.3. The van der Waals surface area contributed by atoms with Gasteiger partial charge >= 0.3 is 0 Å². The number of sulfonamides is 1. The van der Waals surface area contributed by atoms with Crippen LogP contribution in [0.3, 0.4) is 0 Å². The maximum Gasteiger partial charge on any atom is 0.246 e. The molecule has 146 valence electrons. The van der Waals surface area contributed by atoms with Crippen LogP contribution in [0.15, 0.2) is 23.1 Å². The van der Waals surface area contributed by atoms with Crippen LogP contribution < -0.4 is 14.8 Å². The van der Waals surface area contributed by atoms with Crippen molar-refractivity contribution in [3.63, 3.8) is 0 Å². The molecule has 4 aliphatic rings. The third-order valence-electron chi connectivity index (χ3n) is 6.25. The number of para-hydroxylation sites is 1. The molecule has 8 heteroatoms. The van der Waals surface area contributed by atoms with Crippen LogP contribution in [0.5, 0.6) is 11.5 Å². The topological polar surface area (TPSA) is 84.9 Å². The van der Waals surface area contributed by atoms with E-state index in [2.05, 4.69) is 5.32 Å². The summed E-state index contributed by atoms with van der Waals surface area (Å²) in [5, 5.41) is 3.07. The second kappa shape index (κ2) is 6.38. The molecule has 3 fully saturated rings. The predicted octanol–water partition coefficient (Wildman–Crippen LogP) is 1.38. The molecule has 2 aliphatic heterocycles. The minimum atomic E-state index is -3.69. The van der Waals surface area contributed by atoms with Crippen molar-refractivity contribution in [1.29, 1.82) is 0 Å². The lowest BCUT2D eigenvalue weighted by Crippen LogP contribution is -2.56. The van der Waals surface area contributed by atoms with Gasteiger partial charge in [-0.2, -0.15) is 4.31 Å².